The third-order valence-corrected chi connectivity index (χ3v) is 4.23. The summed E-state index contributed by atoms with van der Waals surface area (Å²) in [5.74, 6) is 0. The lowest BCUT2D eigenvalue weighted by Crippen LogP contribution is -2.30. The highest BCUT2D eigenvalue weighted by molar-refractivity contribution is 9.10. The van der Waals surface area contributed by atoms with Gasteiger partial charge in [0.25, 0.3) is 0 Å². The van der Waals surface area contributed by atoms with Crippen LogP contribution in [0, 0.1) is 0 Å². The van der Waals surface area contributed by atoms with Gasteiger partial charge in [-0.2, -0.15) is 0 Å². The average Bonchev–Trinajstić information content (AvgIpc) is 2.72. The van der Waals surface area contributed by atoms with E-state index in [1.54, 1.807) is 11.3 Å². The predicted molar refractivity (Wildman–Crippen MR) is 60.1 cm³/mol. The van der Waals surface area contributed by atoms with E-state index in [-0.39, 0.29) is 0 Å². The minimum atomic E-state index is 0.661. The summed E-state index contributed by atoms with van der Waals surface area (Å²) in [7, 11) is 0. The Morgan fingerprint density at radius 2 is 2.62 bits per heavy atom. The van der Waals surface area contributed by atoms with Gasteiger partial charge in [-0.25, -0.2) is 0 Å². The molecule has 1 fully saturated rings. The van der Waals surface area contributed by atoms with Gasteiger partial charge in [-0.15, -0.1) is 11.3 Å². The zero-order chi connectivity index (χ0) is 9.10. The molecule has 0 saturated carbocycles. The fraction of sp³-hybridized carbons (Fsp3) is 0.556. The minimum absolute atomic E-state index is 0.661. The number of halogens is 1. The fourth-order valence-corrected chi connectivity index (χ4v) is 2.96. The molecular weight excluding hydrogens is 248 g/mol. The lowest BCUT2D eigenvalue weighted by atomic mass is 10.2. The first-order valence-corrected chi connectivity index (χ1v) is 6.19. The van der Waals surface area contributed by atoms with Gasteiger partial charge in [-0.3, -0.25) is 0 Å². The summed E-state index contributed by atoms with van der Waals surface area (Å²) in [4.78, 5) is 1.40. The first kappa shape index (κ1) is 9.65. The SMILES string of the molecule is Brc1ccsc1CNC1CCNC1. The van der Waals surface area contributed by atoms with E-state index in [4.69, 9.17) is 0 Å². The number of nitrogens with one attached hydrogen (secondary N) is 2. The van der Waals surface area contributed by atoms with E-state index in [0.717, 1.165) is 19.6 Å². The van der Waals surface area contributed by atoms with Crippen LogP contribution in [0.2, 0.25) is 0 Å². The minimum Gasteiger partial charge on any atom is -0.315 e. The van der Waals surface area contributed by atoms with Crippen molar-refractivity contribution in [3.63, 3.8) is 0 Å². The van der Waals surface area contributed by atoms with E-state index in [1.165, 1.54) is 15.8 Å². The highest BCUT2D eigenvalue weighted by atomic mass is 79.9. The molecule has 0 bridgehead atoms. The van der Waals surface area contributed by atoms with E-state index in [2.05, 4.69) is 38.0 Å². The largest absolute Gasteiger partial charge is 0.315 e. The van der Waals surface area contributed by atoms with E-state index >= 15 is 0 Å². The molecule has 1 aliphatic heterocycles. The van der Waals surface area contributed by atoms with Crippen molar-refractivity contribution in [1.29, 1.82) is 0 Å². The Kier molecular flexibility index (Phi) is 3.38. The predicted octanol–water partition coefficient (Wildman–Crippen LogP) is 1.96. The molecule has 2 heterocycles. The van der Waals surface area contributed by atoms with Crippen LogP contribution in [0.4, 0.5) is 0 Å². The van der Waals surface area contributed by atoms with Crippen LogP contribution >= 0.6 is 27.3 Å². The van der Waals surface area contributed by atoms with Gasteiger partial charge < -0.3 is 10.6 Å². The molecule has 0 amide bonds. The molecule has 1 unspecified atom stereocenters. The Balaban J connectivity index is 1.82. The van der Waals surface area contributed by atoms with Crippen molar-refractivity contribution in [2.75, 3.05) is 13.1 Å². The van der Waals surface area contributed by atoms with Crippen molar-refractivity contribution in [3.05, 3.63) is 20.8 Å². The van der Waals surface area contributed by atoms with Gasteiger partial charge in [0.05, 0.1) is 0 Å². The van der Waals surface area contributed by atoms with Gasteiger partial charge in [0.15, 0.2) is 0 Å². The molecule has 1 aliphatic rings. The third kappa shape index (κ3) is 2.53. The molecule has 2 N–H and O–H groups in total. The molecule has 0 aliphatic carbocycles. The first-order chi connectivity index (χ1) is 6.36. The molecule has 0 aromatic carbocycles. The zero-order valence-electron chi connectivity index (χ0n) is 7.35. The van der Waals surface area contributed by atoms with Gasteiger partial charge in [-0.05, 0) is 40.3 Å². The van der Waals surface area contributed by atoms with Crippen molar-refractivity contribution in [2.45, 2.75) is 19.0 Å². The van der Waals surface area contributed by atoms with Crippen LogP contribution in [-0.2, 0) is 6.54 Å². The van der Waals surface area contributed by atoms with Crippen LogP contribution in [0.3, 0.4) is 0 Å². The molecule has 4 heteroatoms. The van der Waals surface area contributed by atoms with Crippen LogP contribution in [-0.4, -0.2) is 19.1 Å². The van der Waals surface area contributed by atoms with Crippen LogP contribution in [0.15, 0.2) is 15.9 Å². The topological polar surface area (TPSA) is 24.1 Å². The lowest BCUT2D eigenvalue weighted by Gasteiger charge is -2.09. The molecular formula is C9H13BrN2S. The molecule has 1 aromatic rings. The standard InChI is InChI=1S/C9H13BrN2S/c10-8-2-4-13-9(8)6-12-7-1-3-11-5-7/h2,4,7,11-12H,1,3,5-6H2. The van der Waals surface area contributed by atoms with Crippen LogP contribution in [0.1, 0.15) is 11.3 Å². The average molecular weight is 261 g/mol. The molecule has 1 aromatic heterocycles. The van der Waals surface area contributed by atoms with E-state index in [0.29, 0.717) is 6.04 Å². The molecule has 0 spiro atoms. The van der Waals surface area contributed by atoms with Gasteiger partial charge in [-0.1, -0.05) is 0 Å². The van der Waals surface area contributed by atoms with Gasteiger partial charge in [0, 0.05) is 28.5 Å². The molecule has 2 nitrogen and oxygen atoms in total. The van der Waals surface area contributed by atoms with E-state index in [9.17, 15) is 0 Å². The van der Waals surface area contributed by atoms with Crippen molar-refractivity contribution in [3.8, 4) is 0 Å². The highest BCUT2D eigenvalue weighted by Gasteiger charge is 2.13. The number of thiophene rings is 1. The first-order valence-electron chi connectivity index (χ1n) is 4.52. The second kappa shape index (κ2) is 4.55. The summed E-state index contributed by atoms with van der Waals surface area (Å²) in [5.41, 5.74) is 0. The number of hydrogen-bond donors (Lipinski definition) is 2. The van der Waals surface area contributed by atoms with Crippen molar-refractivity contribution >= 4 is 27.3 Å². The maximum atomic E-state index is 3.54. The maximum absolute atomic E-state index is 3.54. The van der Waals surface area contributed by atoms with E-state index < -0.39 is 0 Å². The number of hydrogen-bond acceptors (Lipinski definition) is 3. The monoisotopic (exact) mass is 260 g/mol. The quantitative estimate of drug-likeness (QED) is 0.869. The zero-order valence-corrected chi connectivity index (χ0v) is 9.75. The second-order valence-corrected chi connectivity index (χ2v) is 5.12. The Bertz CT molecular complexity index is 268. The molecule has 72 valence electrons. The summed E-state index contributed by atoms with van der Waals surface area (Å²) in [6.07, 6.45) is 1.25. The smallest absolute Gasteiger partial charge is 0.0327 e. The molecule has 13 heavy (non-hydrogen) atoms. The van der Waals surface area contributed by atoms with Gasteiger partial charge in [0.1, 0.15) is 0 Å². The van der Waals surface area contributed by atoms with Crippen LogP contribution in [0.5, 0.6) is 0 Å². The fourth-order valence-electron chi connectivity index (χ4n) is 1.52. The van der Waals surface area contributed by atoms with Gasteiger partial charge >= 0.3 is 0 Å². The molecule has 2 rings (SSSR count). The summed E-state index contributed by atoms with van der Waals surface area (Å²) in [6, 6.07) is 2.77. The Morgan fingerprint density at radius 3 is 3.23 bits per heavy atom. The highest BCUT2D eigenvalue weighted by Crippen LogP contribution is 2.22. The summed E-state index contributed by atoms with van der Waals surface area (Å²) in [6.45, 7) is 3.26. The molecule has 1 saturated heterocycles. The Labute approximate surface area is 90.9 Å². The van der Waals surface area contributed by atoms with Crippen molar-refractivity contribution < 1.29 is 0 Å². The normalized spacial score (nSPS) is 22.4. The Hall–Kier alpha value is 0.1000. The lowest BCUT2D eigenvalue weighted by molar-refractivity contribution is 0.550. The molecule has 1 atom stereocenters. The Morgan fingerprint density at radius 1 is 1.69 bits per heavy atom. The van der Waals surface area contributed by atoms with Gasteiger partial charge in [0.2, 0.25) is 0 Å². The summed E-state index contributed by atoms with van der Waals surface area (Å²) in [5, 5.41) is 9.01. The molecule has 0 radical (unpaired) electrons. The number of rotatable bonds is 3. The van der Waals surface area contributed by atoms with E-state index in [1.807, 2.05) is 0 Å². The third-order valence-electron chi connectivity index (χ3n) is 2.30. The van der Waals surface area contributed by atoms with Crippen LogP contribution < -0.4 is 10.6 Å². The van der Waals surface area contributed by atoms with Crippen LogP contribution in [0.25, 0.3) is 0 Å². The van der Waals surface area contributed by atoms with Crippen molar-refractivity contribution in [1.82, 2.24) is 10.6 Å². The maximum Gasteiger partial charge on any atom is 0.0327 e. The van der Waals surface area contributed by atoms with Crippen molar-refractivity contribution in [2.24, 2.45) is 0 Å². The summed E-state index contributed by atoms with van der Waals surface area (Å²) < 4.78 is 1.23. The second-order valence-electron chi connectivity index (χ2n) is 3.26. The summed E-state index contributed by atoms with van der Waals surface area (Å²) >= 11 is 5.33.